The fraction of sp³-hybridized carbons (Fsp3) is 0.0800. The molecule has 33 heavy (non-hydrogen) atoms. The van der Waals surface area contributed by atoms with E-state index in [1.807, 2.05) is 30.3 Å². The van der Waals surface area contributed by atoms with E-state index >= 15 is 0 Å². The van der Waals surface area contributed by atoms with Crippen molar-refractivity contribution < 1.29 is 19.1 Å². The van der Waals surface area contributed by atoms with E-state index in [9.17, 15) is 14.9 Å². The molecule has 0 fully saturated rings. The van der Waals surface area contributed by atoms with Crippen LogP contribution in [0.5, 0.6) is 5.75 Å². The number of hydrogen-bond acceptors (Lipinski definition) is 5. The summed E-state index contributed by atoms with van der Waals surface area (Å²) in [6.45, 7) is 0.385. The second kappa shape index (κ2) is 11.5. The van der Waals surface area contributed by atoms with Gasteiger partial charge in [-0.2, -0.15) is 5.26 Å². The Morgan fingerprint density at radius 3 is 2.39 bits per heavy atom. The SMILES string of the molecule is COC(=O)c1ccc(NC(=O)/C(C#N)=C/c2ccc(OCc3ccccc3Br)c(Br)c2)cc1. The largest absolute Gasteiger partial charge is 0.488 e. The van der Waals surface area contributed by atoms with Gasteiger partial charge in [0.05, 0.1) is 17.1 Å². The molecule has 0 heterocycles. The lowest BCUT2D eigenvalue weighted by atomic mass is 10.1. The van der Waals surface area contributed by atoms with Gasteiger partial charge in [0.1, 0.15) is 24.0 Å². The lowest BCUT2D eigenvalue weighted by Crippen LogP contribution is -2.13. The molecule has 3 rings (SSSR count). The highest BCUT2D eigenvalue weighted by Crippen LogP contribution is 2.28. The van der Waals surface area contributed by atoms with Gasteiger partial charge in [0.2, 0.25) is 0 Å². The van der Waals surface area contributed by atoms with E-state index in [1.54, 1.807) is 30.3 Å². The zero-order chi connectivity index (χ0) is 23.8. The first-order chi connectivity index (χ1) is 15.9. The average molecular weight is 570 g/mol. The molecular formula is C25H18Br2N2O4. The van der Waals surface area contributed by atoms with E-state index in [0.717, 1.165) is 10.0 Å². The molecule has 3 aromatic rings. The second-order valence-corrected chi connectivity index (χ2v) is 8.47. The third kappa shape index (κ3) is 6.54. The fourth-order valence-electron chi connectivity index (χ4n) is 2.82. The molecule has 0 saturated carbocycles. The lowest BCUT2D eigenvalue weighted by Gasteiger charge is -2.10. The van der Waals surface area contributed by atoms with Gasteiger partial charge in [-0.25, -0.2) is 4.79 Å². The van der Waals surface area contributed by atoms with Gasteiger partial charge in [-0.05, 0) is 70.0 Å². The monoisotopic (exact) mass is 568 g/mol. The van der Waals surface area contributed by atoms with Crippen molar-refractivity contribution in [1.29, 1.82) is 5.26 Å². The van der Waals surface area contributed by atoms with Gasteiger partial charge in [0.15, 0.2) is 0 Å². The smallest absolute Gasteiger partial charge is 0.337 e. The van der Waals surface area contributed by atoms with Crippen LogP contribution in [-0.2, 0) is 16.1 Å². The van der Waals surface area contributed by atoms with Crippen LogP contribution in [0.3, 0.4) is 0 Å². The Labute approximate surface area is 208 Å². The minimum atomic E-state index is -0.561. The van der Waals surface area contributed by atoms with E-state index in [1.165, 1.54) is 25.3 Å². The van der Waals surface area contributed by atoms with E-state index in [-0.39, 0.29) is 5.57 Å². The zero-order valence-corrected chi connectivity index (χ0v) is 20.6. The Hall–Kier alpha value is -3.41. The maximum atomic E-state index is 12.5. The first-order valence-electron chi connectivity index (χ1n) is 9.68. The number of carbonyl (C=O) groups excluding carboxylic acids is 2. The molecule has 8 heteroatoms. The molecule has 6 nitrogen and oxygen atoms in total. The summed E-state index contributed by atoms with van der Waals surface area (Å²) in [5, 5.41) is 12.1. The molecule has 1 amide bonds. The van der Waals surface area contributed by atoms with Crippen LogP contribution >= 0.6 is 31.9 Å². The third-order valence-corrected chi connectivity index (χ3v) is 5.93. The molecule has 0 aliphatic carbocycles. The summed E-state index contributed by atoms with van der Waals surface area (Å²) < 4.78 is 12.2. The van der Waals surface area contributed by atoms with Crippen LogP contribution in [0.25, 0.3) is 6.08 Å². The third-order valence-electron chi connectivity index (χ3n) is 4.54. The average Bonchev–Trinajstić information content (AvgIpc) is 2.82. The van der Waals surface area contributed by atoms with Gasteiger partial charge in [0.25, 0.3) is 5.91 Å². The number of ether oxygens (including phenoxy) is 2. The number of benzene rings is 3. The number of rotatable bonds is 7. The Bertz CT molecular complexity index is 1250. The molecule has 166 valence electrons. The minimum absolute atomic E-state index is 0.0687. The minimum Gasteiger partial charge on any atom is -0.488 e. The molecule has 1 N–H and O–H groups in total. The van der Waals surface area contributed by atoms with Crippen molar-refractivity contribution in [2.45, 2.75) is 6.61 Å². The molecule has 0 saturated heterocycles. The quantitative estimate of drug-likeness (QED) is 0.210. The summed E-state index contributed by atoms with van der Waals surface area (Å²) >= 11 is 6.98. The van der Waals surface area contributed by atoms with Crippen LogP contribution in [0.15, 0.2) is 81.2 Å². The van der Waals surface area contributed by atoms with E-state index in [0.29, 0.717) is 33.6 Å². The maximum Gasteiger partial charge on any atom is 0.337 e. The normalized spacial score (nSPS) is 10.8. The lowest BCUT2D eigenvalue weighted by molar-refractivity contribution is -0.112. The molecule has 0 spiro atoms. The van der Waals surface area contributed by atoms with Crippen molar-refractivity contribution in [2.75, 3.05) is 12.4 Å². The van der Waals surface area contributed by atoms with Crippen LogP contribution in [0.1, 0.15) is 21.5 Å². The van der Waals surface area contributed by atoms with Crippen molar-refractivity contribution in [3.63, 3.8) is 0 Å². The van der Waals surface area contributed by atoms with Crippen molar-refractivity contribution in [3.05, 3.63) is 97.9 Å². The number of nitriles is 1. The number of hydrogen-bond donors (Lipinski definition) is 1. The summed E-state index contributed by atoms with van der Waals surface area (Å²) in [7, 11) is 1.29. The van der Waals surface area contributed by atoms with Gasteiger partial charge >= 0.3 is 5.97 Å². The summed E-state index contributed by atoms with van der Waals surface area (Å²) in [5.41, 5.74) is 2.41. The van der Waals surface area contributed by atoms with Crippen LogP contribution < -0.4 is 10.1 Å². The van der Waals surface area contributed by atoms with E-state index in [4.69, 9.17) is 4.74 Å². The number of nitrogens with one attached hydrogen (secondary N) is 1. The Morgan fingerprint density at radius 2 is 1.76 bits per heavy atom. The molecule has 0 aliphatic rings. The Kier molecular flexibility index (Phi) is 8.41. The molecule has 0 radical (unpaired) electrons. The highest BCUT2D eigenvalue weighted by Gasteiger charge is 2.12. The summed E-state index contributed by atoms with van der Waals surface area (Å²) in [4.78, 5) is 24.0. The first kappa shape index (κ1) is 24.2. The van der Waals surface area contributed by atoms with E-state index < -0.39 is 11.9 Å². The number of anilines is 1. The summed E-state index contributed by atoms with van der Waals surface area (Å²) in [6, 6.07) is 21.2. The Balaban J connectivity index is 1.69. The topological polar surface area (TPSA) is 88.4 Å². The first-order valence-corrected chi connectivity index (χ1v) is 11.3. The number of methoxy groups -OCH3 is 1. The molecule has 0 unspecified atom stereocenters. The van der Waals surface area contributed by atoms with Gasteiger partial charge in [-0.15, -0.1) is 0 Å². The summed E-state index contributed by atoms with van der Waals surface area (Å²) in [5.74, 6) is -0.398. The van der Waals surface area contributed by atoms with Gasteiger partial charge in [0, 0.05) is 15.7 Å². The summed E-state index contributed by atoms with van der Waals surface area (Å²) in [6.07, 6.45) is 1.49. The predicted octanol–water partition coefficient (Wildman–Crippen LogP) is 6.12. The zero-order valence-electron chi connectivity index (χ0n) is 17.5. The van der Waals surface area contributed by atoms with Crippen molar-refractivity contribution in [3.8, 4) is 11.8 Å². The molecular weight excluding hydrogens is 552 g/mol. The van der Waals surface area contributed by atoms with E-state index in [2.05, 4.69) is 41.9 Å². The van der Waals surface area contributed by atoms with Crippen LogP contribution in [0.4, 0.5) is 5.69 Å². The van der Waals surface area contributed by atoms with Gasteiger partial charge in [-0.3, -0.25) is 4.79 Å². The maximum absolute atomic E-state index is 12.5. The number of carbonyl (C=O) groups is 2. The highest BCUT2D eigenvalue weighted by atomic mass is 79.9. The Morgan fingerprint density at radius 1 is 1.03 bits per heavy atom. The fourth-order valence-corrected chi connectivity index (χ4v) is 3.73. The number of amides is 1. The van der Waals surface area contributed by atoms with Crippen LogP contribution in [-0.4, -0.2) is 19.0 Å². The van der Waals surface area contributed by atoms with Crippen molar-refractivity contribution in [2.24, 2.45) is 0 Å². The number of halogens is 2. The highest BCUT2D eigenvalue weighted by molar-refractivity contribution is 9.10. The van der Waals surface area contributed by atoms with Crippen molar-refractivity contribution in [1.82, 2.24) is 0 Å². The standard InChI is InChI=1S/C25H18Br2N2O4/c1-32-25(31)17-7-9-20(10-8-17)29-24(30)19(14-28)12-16-6-11-23(22(27)13-16)33-15-18-4-2-3-5-21(18)26/h2-13H,15H2,1H3,(H,29,30)/b19-12+. The van der Waals surface area contributed by atoms with Crippen molar-refractivity contribution >= 4 is 55.5 Å². The number of nitrogens with zero attached hydrogens (tertiary/aromatic N) is 1. The molecule has 3 aromatic carbocycles. The van der Waals surface area contributed by atoms with Gasteiger partial charge < -0.3 is 14.8 Å². The second-order valence-electron chi connectivity index (χ2n) is 6.76. The predicted molar refractivity (Wildman–Crippen MR) is 133 cm³/mol. The number of esters is 1. The molecule has 0 atom stereocenters. The molecule has 0 aromatic heterocycles. The van der Waals surface area contributed by atoms with Gasteiger partial charge in [-0.1, -0.05) is 40.2 Å². The van der Waals surface area contributed by atoms with Crippen LogP contribution in [0.2, 0.25) is 0 Å². The molecule has 0 aliphatic heterocycles. The molecule has 0 bridgehead atoms. The van der Waals surface area contributed by atoms with Crippen LogP contribution in [0, 0.1) is 11.3 Å².